The number of benzene rings is 2. The standard InChI is InChI=1S/C28H24N6O/c35-24-3-1-2-20(14-24)26-27(19-8-11-29-12-9-19)32-34-25(10-13-30-28(26)34)18-4-6-22(7-5-18)33-17-21-15-23(33)16-31-21/h1-14,21,23,31,35H,15-17H2/t21-,23-/m0/s1. The quantitative estimate of drug-likeness (QED) is 0.414. The zero-order valence-corrected chi connectivity index (χ0v) is 19.0. The summed E-state index contributed by atoms with van der Waals surface area (Å²) >= 11 is 0. The van der Waals surface area contributed by atoms with Gasteiger partial charge in [0.05, 0.1) is 11.3 Å². The van der Waals surface area contributed by atoms with E-state index in [0.29, 0.717) is 12.1 Å². The van der Waals surface area contributed by atoms with Gasteiger partial charge in [0.25, 0.3) is 0 Å². The Kier molecular flexibility index (Phi) is 4.57. The minimum atomic E-state index is 0.208. The Labute approximate surface area is 202 Å². The summed E-state index contributed by atoms with van der Waals surface area (Å²) < 4.78 is 1.91. The molecule has 7 rings (SSSR count). The number of aromatic nitrogens is 4. The Hall–Kier alpha value is -4.23. The molecule has 0 saturated carbocycles. The van der Waals surface area contributed by atoms with Crippen molar-refractivity contribution in [3.63, 3.8) is 0 Å². The fraction of sp³-hybridized carbons (Fsp3) is 0.179. The smallest absolute Gasteiger partial charge is 0.164 e. The molecule has 2 N–H and O–H groups in total. The van der Waals surface area contributed by atoms with Gasteiger partial charge in [-0.1, -0.05) is 24.3 Å². The Bertz CT molecular complexity index is 1530. The average molecular weight is 461 g/mol. The van der Waals surface area contributed by atoms with Crippen molar-refractivity contribution in [2.45, 2.75) is 18.5 Å². The van der Waals surface area contributed by atoms with Crippen molar-refractivity contribution in [1.82, 2.24) is 24.9 Å². The van der Waals surface area contributed by atoms with Gasteiger partial charge in [-0.15, -0.1) is 0 Å². The number of rotatable bonds is 4. The number of hydrogen-bond donors (Lipinski definition) is 2. The Morgan fingerprint density at radius 2 is 1.74 bits per heavy atom. The SMILES string of the molecule is Oc1cccc(-c2c(-c3ccncc3)nn3c(-c4ccc(N5C[C@@H]6C[C@H]5CN6)cc4)ccnc23)c1. The van der Waals surface area contributed by atoms with E-state index in [1.807, 2.05) is 41.0 Å². The van der Waals surface area contributed by atoms with E-state index < -0.39 is 0 Å². The molecule has 3 aromatic heterocycles. The van der Waals surface area contributed by atoms with Crippen LogP contribution in [-0.2, 0) is 0 Å². The zero-order valence-electron chi connectivity index (χ0n) is 19.0. The number of nitrogens with one attached hydrogen (secondary N) is 1. The maximum Gasteiger partial charge on any atom is 0.164 e. The highest BCUT2D eigenvalue weighted by Crippen LogP contribution is 2.37. The molecule has 2 aromatic carbocycles. The number of phenols is 1. The van der Waals surface area contributed by atoms with E-state index in [0.717, 1.165) is 52.4 Å². The molecule has 0 radical (unpaired) electrons. The number of hydrogen-bond acceptors (Lipinski definition) is 6. The summed E-state index contributed by atoms with van der Waals surface area (Å²) in [4.78, 5) is 11.4. The zero-order chi connectivity index (χ0) is 23.4. The summed E-state index contributed by atoms with van der Waals surface area (Å²) in [6, 6.07) is 23.1. The molecule has 2 atom stereocenters. The minimum Gasteiger partial charge on any atom is -0.508 e. The van der Waals surface area contributed by atoms with Gasteiger partial charge in [0.15, 0.2) is 5.65 Å². The first-order valence-electron chi connectivity index (χ1n) is 11.9. The van der Waals surface area contributed by atoms with Crippen molar-refractivity contribution in [3.8, 4) is 39.4 Å². The van der Waals surface area contributed by atoms with E-state index in [1.54, 1.807) is 24.5 Å². The lowest BCUT2D eigenvalue weighted by molar-refractivity contribution is 0.475. The summed E-state index contributed by atoms with van der Waals surface area (Å²) in [6.45, 7) is 2.14. The third kappa shape index (κ3) is 3.35. The molecule has 2 fully saturated rings. The van der Waals surface area contributed by atoms with Gasteiger partial charge in [0.2, 0.25) is 0 Å². The van der Waals surface area contributed by atoms with E-state index >= 15 is 0 Å². The molecule has 7 heteroatoms. The van der Waals surface area contributed by atoms with Crippen LogP contribution in [0.1, 0.15) is 6.42 Å². The first kappa shape index (κ1) is 20.2. The predicted octanol–water partition coefficient (Wildman–Crippen LogP) is 4.38. The third-order valence-electron chi connectivity index (χ3n) is 7.16. The van der Waals surface area contributed by atoms with Crippen LogP contribution in [0.2, 0.25) is 0 Å². The molecule has 0 amide bonds. The highest BCUT2D eigenvalue weighted by Gasteiger charge is 2.37. The summed E-state index contributed by atoms with van der Waals surface area (Å²) in [5, 5.41) is 18.8. The molecule has 0 spiro atoms. The molecule has 2 aliphatic heterocycles. The van der Waals surface area contributed by atoms with Gasteiger partial charge >= 0.3 is 0 Å². The highest BCUT2D eigenvalue weighted by atomic mass is 16.3. The lowest BCUT2D eigenvalue weighted by Gasteiger charge is -2.29. The van der Waals surface area contributed by atoms with Crippen LogP contribution in [0.25, 0.3) is 39.3 Å². The second kappa shape index (κ2) is 7.92. The Morgan fingerprint density at radius 1 is 0.886 bits per heavy atom. The van der Waals surface area contributed by atoms with Crippen LogP contribution in [0.15, 0.2) is 85.3 Å². The third-order valence-corrected chi connectivity index (χ3v) is 7.16. The van der Waals surface area contributed by atoms with Gasteiger partial charge in [-0.25, -0.2) is 9.50 Å². The summed E-state index contributed by atoms with van der Waals surface area (Å²) in [5.41, 5.74) is 7.55. The number of nitrogens with zero attached hydrogens (tertiary/aromatic N) is 5. The van der Waals surface area contributed by atoms with E-state index in [9.17, 15) is 5.11 Å². The predicted molar refractivity (Wildman–Crippen MR) is 136 cm³/mol. The highest BCUT2D eigenvalue weighted by molar-refractivity contribution is 5.91. The number of aromatic hydroxyl groups is 1. The molecule has 7 nitrogen and oxygen atoms in total. The number of anilines is 1. The van der Waals surface area contributed by atoms with Crippen LogP contribution in [0.3, 0.4) is 0 Å². The van der Waals surface area contributed by atoms with E-state index in [2.05, 4.69) is 39.5 Å². The molecule has 2 aliphatic rings. The van der Waals surface area contributed by atoms with Crippen LogP contribution >= 0.6 is 0 Å². The number of phenolic OH excluding ortho intramolecular Hbond substituents is 1. The lowest BCUT2D eigenvalue weighted by atomic mass is 10.0. The molecule has 5 heterocycles. The second-order valence-corrected chi connectivity index (χ2v) is 9.27. The second-order valence-electron chi connectivity index (χ2n) is 9.27. The Balaban J connectivity index is 1.37. The summed E-state index contributed by atoms with van der Waals surface area (Å²) in [7, 11) is 0. The van der Waals surface area contributed by atoms with Gasteiger partial charge in [-0.2, -0.15) is 5.10 Å². The van der Waals surface area contributed by atoms with Crippen molar-refractivity contribution in [2.24, 2.45) is 0 Å². The van der Waals surface area contributed by atoms with Gasteiger partial charge in [-0.3, -0.25) is 4.98 Å². The van der Waals surface area contributed by atoms with Crippen molar-refractivity contribution < 1.29 is 5.11 Å². The number of piperazine rings is 1. The maximum absolute atomic E-state index is 10.2. The average Bonchev–Trinajstić information content (AvgIpc) is 3.64. The van der Waals surface area contributed by atoms with Gasteiger partial charge < -0.3 is 15.3 Å². The summed E-state index contributed by atoms with van der Waals surface area (Å²) in [5.74, 6) is 0.208. The maximum atomic E-state index is 10.2. The van der Waals surface area contributed by atoms with E-state index in [-0.39, 0.29) is 5.75 Å². The molecule has 172 valence electrons. The van der Waals surface area contributed by atoms with Gasteiger partial charge in [0.1, 0.15) is 11.4 Å². The van der Waals surface area contributed by atoms with Crippen LogP contribution in [-0.4, -0.2) is 49.9 Å². The first-order chi connectivity index (χ1) is 17.2. The summed E-state index contributed by atoms with van der Waals surface area (Å²) in [6.07, 6.45) is 6.59. The van der Waals surface area contributed by atoms with Crippen molar-refractivity contribution in [2.75, 3.05) is 18.0 Å². The lowest BCUT2D eigenvalue weighted by Crippen LogP contribution is -2.43. The first-order valence-corrected chi connectivity index (χ1v) is 11.9. The van der Waals surface area contributed by atoms with Crippen LogP contribution in [0.5, 0.6) is 5.75 Å². The topological polar surface area (TPSA) is 78.6 Å². The Morgan fingerprint density at radius 3 is 2.49 bits per heavy atom. The minimum absolute atomic E-state index is 0.208. The van der Waals surface area contributed by atoms with Crippen molar-refractivity contribution in [3.05, 3.63) is 85.3 Å². The number of pyridine rings is 1. The molecule has 0 unspecified atom stereocenters. The van der Waals surface area contributed by atoms with Crippen molar-refractivity contribution in [1.29, 1.82) is 0 Å². The molecule has 35 heavy (non-hydrogen) atoms. The molecular formula is C28H24N6O. The van der Waals surface area contributed by atoms with Crippen molar-refractivity contribution >= 4 is 11.3 Å². The van der Waals surface area contributed by atoms with E-state index in [1.165, 1.54) is 12.1 Å². The molecule has 2 bridgehead atoms. The monoisotopic (exact) mass is 460 g/mol. The largest absolute Gasteiger partial charge is 0.508 e. The molecule has 5 aromatic rings. The van der Waals surface area contributed by atoms with E-state index in [4.69, 9.17) is 10.1 Å². The van der Waals surface area contributed by atoms with Gasteiger partial charge in [-0.05, 0) is 54.4 Å². The normalized spacial score (nSPS) is 19.0. The van der Waals surface area contributed by atoms with Crippen LogP contribution in [0, 0.1) is 0 Å². The molecular weight excluding hydrogens is 436 g/mol. The van der Waals surface area contributed by atoms with Gasteiger partial charge in [0, 0.05) is 60.6 Å². The fourth-order valence-electron chi connectivity index (χ4n) is 5.50. The van der Waals surface area contributed by atoms with Crippen LogP contribution in [0.4, 0.5) is 5.69 Å². The molecule has 2 saturated heterocycles. The fourth-order valence-corrected chi connectivity index (χ4v) is 5.50. The number of fused-ring (bicyclic) bond motifs is 3. The van der Waals surface area contributed by atoms with Crippen LogP contribution < -0.4 is 10.2 Å². The molecule has 0 aliphatic carbocycles.